The van der Waals surface area contributed by atoms with Gasteiger partial charge < -0.3 is 14.8 Å². The Labute approximate surface area is 215 Å². The lowest BCUT2D eigenvalue weighted by molar-refractivity contribution is -0.150. The standard InChI is InChI=1S/C30H41NO5/c1-5-6-7-8-9-11-26-14-16-28(17-15-26)29-13-10-12-27(20-29)18-19-30(31-23(2)32,21-35-24(3)33)22-36-25(4)34/h10,12-17,20H,5-9,11,18-19,21-22H2,1-4H3,(H,31,32). The highest BCUT2D eigenvalue weighted by atomic mass is 16.5. The summed E-state index contributed by atoms with van der Waals surface area (Å²) in [5, 5.41) is 2.86. The van der Waals surface area contributed by atoms with E-state index < -0.39 is 17.5 Å². The van der Waals surface area contributed by atoms with Crippen molar-refractivity contribution in [3.63, 3.8) is 0 Å². The van der Waals surface area contributed by atoms with E-state index in [-0.39, 0.29) is 19.1 Å². The lowest BCUT2D eigenvalue weighted by atomic mass is 9.91. The molecule has 0 aliphatic heterocycles. The van der Waals surface area contributed by atoms with Crippen molar-refractivity contribution in [2.24, 2.45) is 0 Å². The van der Waals surface area contributed by atoms with Crippen LogP contribution >= 0.6 is 0 Å². The Kier molecular flexibility index (Phi) is 12.2. The van der Waals surface area contributed by atoms with E-state index in [1.165, 1.54) is 58.4 Å². The molecule has 0 aliphatic rings. The summed E-state index contributed by atoms with van der Waals surface area (Å²) >= 11 is 0. The summed E-state index contributed by atoms with van der Waals surface area (Å²) in [6, 6.07) is 17.0. The molecule has 2 aromatic rings. The van der Waals surface area contributed by atoms with Crippen LogP contribution in [0, 0.1) is 0 Å². The number of unbranched alkanes of at least 4 members (excludes halogenated alkanes) is 4. The second-order valence-electron chi connectivity index (χ2n) is 9.58. The Bertz CT molecular complexity index is 965. The van der Waals surface area contributed by atoms with E-state index in [0.29, 0.717) is 12.8 Å². The van der Waals surface area contributed by atoms with Crippen LogP contribution in [0.4, 0.5) is 0 Å². The number of hydrogen-bond donors (Lipinski definition) is 1. The molecule has 0 saturated carbocycles. The number of ether oxygens (including phenoxy) is 2. The maximum Gasteiger partial charge on any atom is 0.302 e. The summed E-state index contributed by atoms with van der Waals surface area (Å²) in [4.78, 5) is 34.9. The van der Waals surface area contributed by atoms with Gasteiger partial charge in [0.1, 0.15) is 18.8 Å². The highest BCUT2D eigenvalue weighted by Gasteiger charge is 2.34. The molecule has 0 bridgehead atoms. The van der Waals surface area contributed by atoms with Gasteiger partial charge in [0, 0.05) is 20.8 Å². The summed E-state index contributed by atoms with van der Waals surface area (Å²) in [5.74, 6) is -1.20. The van der Waals surface area contributed by atoms with E-state index >= 15 is 0 Å². The third kappa shape index (κ3) is 10.6. The Morgan fingerprint density at radius 3 is 1.97 bits per heavy atom. The van der Waals surface area contributed by atoms with Crippen LogP contribution in [0.15, 0.2) is 48.5 Å². The Morgan fingerprint density at radius 2 is 1.39 bits per heavy atom. The molecular weight excluding hydrogens is 454 g/mol. The van der Waals surface area contributed by atoms with Crippen LogP contribution in [-0.2, 0) is 36.7 Å². The monoisotopic (exact) mass is 495 g/mol. The molecule has 196 valence electrons. The van der Waals surface area contributed by atoms with Crippen LogP contribution in [0.2, 0.25) is 0 Å². The van der Waals surface area contributed by atoms with E-state index in [1.807, 2.05) is 12.1 Å². The zero-order valence-corrected chi connectivity index (χ0v) is 22.2. The van der Waals surface area contributed by atoms with Crippen molar-refractivity contribution >= 4 is 17.8 Å². The second-order valence-corrected chi connectivity index (χ2v) is 9.58. The van der Waals surface area contributed by atoms with Gasteiger partial charge >= 0.3 is 11.9 Å². The predicted molar refractivity (Wildman–Crippen MR) is 142 cm³/mol. The lowest BCUT2D eigenvalue weighted by Gasteiger charge is -2.33. The third-order valence-corrected chi connectivity index (χ3v) is 6.22. The summed E-state index contributed by atoms with van der Waals surface area (Å²) in [6.45, 7) is 6.10. The maximum atomic E-state index is 11.9. The molecular formula is C30H41NO5. The summed E-state index contributed by atoms with van der Waals surface area (Å²) < 4.78 is 10.5. The molecule has 1 amide bonds. The van der Waals surface area contributed by atoms with Gasteiger partial charge in [0.25, 0.3) is 0 Å². The molecule has 0 saturated heterocycles. The van der Waals surface area contributed by atoms with Crippen molar-refractivity contribution in [2.75, 3.05) is 13.2 Å². The predicted octanol–water partition coefficient (Wildman–Crippen LogP) is 5.80. The van der Waals surface area contributed by atoms with Crippen molar-refractivity contribution in [3.05, 3.63) is 59.7 Å². The van der Waals surface area contributed by atoms with Crippen molar-refractivity contribution in [3.8, 4) is 11.1 Å². The first kappa shape index (κ1) is 29.1. The molecule has 2 aromatic carbocycles. The minimum absolute atomic E-state index is 0.0746. The van der Waals surface area contributed by atoms with Crippen molar-refractivity contribution in [2.45, 2.75) is 84.6 Å². The van der Waals surface area contributed by atoms with Gasteiger partial charge in [-0.15, -0.1) is 0 Å². The number of carbonyl (C=O) groups is 3. The molecule has 0 atom stereocenters. The largest absolute Gasteiger partial charge is 0.463 e. The molecule has 0 fully saturated rings. The minimum Gasteiger partial charge on any atom is -0.463 e. The fraction of sp³-hybridized carbons (Fsp3) is 0.500. The summed E-state index contributed by atoms with van der Waals surface area (Å²) in [7, 11) is 0. The van der Waals surface area contributed by atoms with Crippen LogP contribution in [0.1, 0.15) is 77.3 Å². The molecule has 0 heterocycles. The molecule has 1 N–H and O–H groups in total. The van der Waals surface area contributed by atoms with Crippen LogP contribution in [0.3, 0.4) is 0 Å². The molecule has 0 spiro atoms. The highest BCUT2D eigenvalue weighted by Crippen LogP contribution is 2.24. The number of carbonyl (C=O) groups excluding carboxylic acids is 3. The second kappa shape index (κ2) is 15.1. The van der Waals surface area contributed by atoms with Crippen molar-refractivity contribution in [1.82, 2.24) is 5.32 Å². The third-order valence-electron chi connectivity index (χ3n) is 6.22. The van der Waals surface area contributed by atoms with Gasteiger partial charge in [0.15, 0.2) is 0 Å². The fourth-order valence-corrected chi connectivity index (χ4v) is 4.26. The number of amides is 1. The van der Waals surface area contributed by atoms with Crippen LogP contribution in [0.5, 0.6) is 0 Å². The zero-order valence-electron chi connectivity index (χ0n) is 22.2. The smallest absolute Gasteiger partial charge is 0.302 e. The Morgan fingerprint density at radius 1 is 0.750 bits per heavy atom. The van der Waals surface area contributed by atoms with E-state index in [1.54, 1.807) is 0 Å². The SMILES string of the molecule is CCCCCCCc1ccc(-c2cccc(CCC(COC(C)=O)(COC(C)=O)NC(C)=O)c2)cc1. The van der Waals surface area contributed by atoms with Crippen molar-refractivity contribution in [1.29, 1.82) is 0 Å². The normalized spacial score (nSPS) is 11.1. The first-order chi connectivity index (χ1) is 17.2. The topological polar surface area (TPSA) is 81.7 Å². The number of esters is 2. The zero-order chi connectivity index (χ0) is 26.4. The number of nitrogens with one attached hydrogen (secondary N) is 1. The van der Waals surface area contributed by atoms with Gasteiger partial charge in [-0.2, -0.15) is 0 Å². The quantitative estimate of drug-likeness (QED) is 0.249. The van der Waals surface area contributed by atoms with Crippen LogP contribution in [-0.4, -0.2) is 36.6 Å². The molecule has 0 unspecified atom stereocenters. The molecule has 6 heteroatoms. The average Bonchev–Trinajstić information content (AvgIpc) is 2.85. The highest BCUT2D eigenvalue weighted by molar-refractivity contribution is 5.74. The van der Waals surface area contributed by atoms with Gasteiger partial charge in [-0.3, -0.25) is 14.4 Å². The minimum atomic E-state index is -1.00. The molecule has 0 aliphatic carbocycles. The Balaban J connectivity index is 2.10. The maximum absolute atomic E-state index is 11.9. The number of hydrogen-bond acceptors (Lipinski definition) is 5. The number of rotatable bonds is 15. The number of benzene rings is 2. The van der Waals surface area contributed by atoms with Crippen LogP contribution < -0.4 is 5.32 Å². The van der Waals surface area contributed by atoms with E-state index in [2.05, 4.69) is 48.6 Å². The summed E-state index contributed by atoms with van der Waals surface area (Å²) in [5.41, 5.74) is 3.71. The van der Waals surface area contributed by atoms with E-state index in [0.717, 1.165) is 23.1 Å². The van der Waals surface area contributed by atoms with Gasteiger partial charge in [-0.1, -0.05) is 81.1 Å². The lowest BCUT2D eigenvalue weighted by Crippen LogP contribution is -2.55. The number of aryl methyl sites for hydroxylation is 2. The van der Waals surface area contributed by atoms with Gasteiger partial charge in [-0.05, 0) is 47.9 Å². The summed E-state index contributed by atoms with van der Waals surface area (Å²) in [6.07, 6.45) is 8.56. The van der Waals surface area contributed by atoms with E-state index in [9.17, 15) is 14.4 Å². The molecule has 2 rings (SSSR count). The molecule has 0 radical (unpaired) electrons. The van der Waals surface area contributed by atoms with Gasteiger partial charge in [-0.25, -0.2) is 0 Å². The van der Waals surface area contributed by atoms with Crippen molar-refractivity contribution < 1.29 is 23.9 Å². The average molecular weight is 496 g/mol. The molecule has 6 nitrogen and oxygen atoms in total. The molecule has 36 heavy (non-hydrogen) atoms. The first-order valence-electron chi connectivity index (χ1n) is 13.0. The van der Waals surface area contributed by atoms with Gasteiger partial charge in [0.2, 0.25) is 5.91 Å². The van der Waals surface area contributed by atoms with E-state index in [4.69, 9.17) is 9.47 Å². The fourth-order valence-electron chi connectivity index (χ4n) is 4.26. The Hall–Kier alpha value is -3.15. The van der Waals surface area contributed by atoms with Crippen LogP contribution in [0.25, 0.3) is 11.1 Å². The first-order valence-corrected chi connectivity index (χ1v) is 13.0. The van der Waals surface area contributed by atoms with Gasteiger partial charge in [0.05, 0.1) is 0 Å². The molecule has 0 aromatic heterocycles.